The Kier molecular flexibility index (Phi) is 4.89. The van der Waals surface area contributed by atoms with E-state index in [2.05, 4.69) is 12.2 Å². The highest BCUT2D eigenvalue weighted by Crippen LogP contribution is 2.30. The molecule has 1 unspecified atom stereocenters. The van der Waals surface area contributed by atoms with Crippen LogP contribution in [0.25, 0.3) is 11.0 Å². The maximum absolute atomic E-state index is 12.9. The zero-order valence-corrected chi connectivity index (χ0v) is 16.1. The van der Waals surface area contributed by atoms with Gasteiger partial charge in [-0.2, -0.15) is 0 Å². The van der Waals surface area contributed by atoms with Crippen LogP contribution in [0.5, 0.6) is 0 Å². The number of likely N-dealkylation sites (tertiary alicyclic amines) is 1. The van der Waals surface area contributed by atoms with Crippen LogP contribution in [-0.4, -0.2) is 39.4 Å². The second-order valence-corrected chi connectivity index (χ2v) is 8.11. The van der Waals surface area contributed by atoms with E-state index in [4.69, 9.17) is 4.98 Å². The molecule has 2 heterocycles. The predicted octanol–water partition coefficient (Wildman–Crippen LogP) is 2.88. The number of piperidine rings is 1. The quantitative estimate of drug-likeness (QED) is 0.882. The Labute approximate surface area is 159 Å². The molecule has 4 rings (SSSR count). The monoisotopic (exact) mass is 368 g/mol. The number of hydrogen-bond donors (Lipinski definition) is 1. The van der Waals surface area contributed by atoms with E-state index < -0.39 is 0 Å². The van der Waals surface area contributed by atoms with Gasteiger partial charge in [0.25, 0.3) is 0 Å². The van der Waals surface area contributed by atoms with E-state index in [1.165, 1.54) is 0 Å². The highest BCUT2D eigenvalue weighted by Gasteiger charge is 2.31. The zero-order valence-electron chi connectivity index (χ0n) is 16.1. The summed E-state index contributed by atoms with van der Waals surface area (Å²) in [6, 6.07) is 7.64. The third-order valence-electron chi connectivity index (χ3n) is 5.81. The Morgan fingerprint density at radius 3 is 2.59 bits per heavy atom. The molecule has 2 aliphatic rings. The summed E-state index contributed by atoms with van der Waals surface area (Å²) >= 11 is 0. The molecule has 1 N–H and O–H groups in total. The topological polar surface area (TPSA) is 67.2 Å². The van der Waals surface area contributed by atoms with Crippen molar-refractivity contribution in [1.82, 2.24) is 19.8 Å². The van der Waals surface area contributed by atoms with Crippen molar-refractivity contribution < 1.29 is 9.59 Å². The third kappa shape index (κ3) is 3.84. The van der Waals surface area contributed by atoms with Crippen LogP contribution < -0.4 is 5.32 Å². The average Bonchev–Trinajstić information content (AvgIpc) is 3.45. The third-order valence-corrected chi connectivity index (χ3v) is 5.81. The minimum atomic E-state index is -0.223. The van der Waals surface area contributed by atoms with Crippen LogP contribution in [-0.2, 0) is 16.1 Å². The van der Waals surface area contributed by atoms with E-state index >= 15 is 0 Å². The summed E-state index contributed by atoms with van der Waals surface area (Å²) in [5, 5.41) is 3.07. The van der Waals surface area contributed by atoms with Crippen molar-refractivity contribution in [3.63, 3.8) is 0 Å². The molecule has 1 aliphatic carbocycles. The van der Waals surface area contributed by atoms with Crippen molar-refractivity contribution in [2.75, 3.05) is 13.1 Å². The van der Waals surface area contributed by atoms with Gasteiger partial charge in [0.15, 0.2) is 0 Å². The van der Waals surface area contributed by atoms with E-state index in [0.29, 0.717) is 5.92 Å². The summed E-state index contributed by atoms with van der Waals surface area (Å²) in [4.78, 5) is 31.8. The van der Waals surface area contributed by atoms with Crippen molar-refractivity contribution >= 4 is 22.8 Å². The Morgan fingerprint density at radius 2 is 1.89 bits per heavy atom. The largest absolute Gasteiger partial charge is 0.346 e. The van der Waals surface area contributed by atoms with Crippen LogP contribution in [0.1, 0.15) is 51.4 Å². The molecule has 1 saturated heterocycles. The molecule has 2 fully saturated rings. The number of imidazole rings is 1. The first kappa shape index (κ1) is 18.0. The molecule has 1 aromatic carbocycles. The molecule has 1 saturated carbocycles. The summed E-state index contributed by atoms with van der Waals surface area (Å²) in [6.45, 7) is 6.12. The molecule has 0 radical (unpaired) electrons. The first-order chi connectivity index (χ1) is 13.0. The van der Waals surface area contributed by atoms with Crippen LogP contribution in [0.15, 0.2) is 24.3 Å². The molecule has 6 heteroatoms. The lowest BCUT2D eigenvalue weighted by molar-refractivity contribution is -0.133. The lowest BCUT2D eigenvalue weighted by Crippen LogP contribution is -2.40. The highest BCUT2D eigenvalue weighted by molar-refractivity contribution is 5.83. The normalized spacial score (nSPS) is 19.3. The second-order valence-electron chi connectivity index (χ2n) is 8.11. The molecule has 6 nitrogen and oxygen atoms in total. The number of nitrogens with one attached hydrogen (secondary N) is 1. The number of rotatable bonds is 5. The standard InChI is InChI=1S/C21H28N4O2/c1-14-9-11-24(12-10-14)19(26)13-25-18-6-4-3-5-17(18)23-20(25)15(2)22-21(27)16-7-8-16/h3-6,14-16H,7-13H2,1-2H3,(H,22,27). The molecule has 0 spiro atoms. The maximum atomic E-state index is 12.9. The number of hydrogen-bond acceptors (Lipinski definition) is 3. The van der Waals surface area contributed by atoms with E-state index in [1.54, 1.807) is 0 Å². The molecular weight excluding hydrogens is 340 g/mol. The van der Waals surface area contributed by atoms with Crippen molar-refractivity contribution in [1.29, 1.82) is 0 Å². The smallest absolute Gasteiger partial charge is 0.242 e. The van der Waals surface area contributed by atoms with Gasteiger partial charge in [0.1, 0.15) is 12.4 Å². The summed E-state index contributed by atoms with van der Waals surface area (Å²) < 4.78 is 1.98. The first-order valence-corrected chi connectivity index (χ1v) is 10.1. The Hall–Kier alpha value is -2.37. The van der Waals surface area contributed by atoms with Gasteiger partial charge in [-0.15, -0.1) is 0 Å². The van der Waals surface area contributed by atoms with Gasteiger partial charge in [0, 0.05) is 19.0 Å². The highest BCUT2D eigenvalue weighted by atomic mass is 16.2. The molecule has 1 aromatic heterocycles. The number of carbonyl (C=O) groups is 2. The minimum absolute atomic E-state index is 0.0949. The number of para-hydroxylation sites is 2. The average molecular weight is 368 g/mol. The SMILES string of the molecule is CC1CCN(C(=O)Cn2c(C(C)NC(=O)C3CC3)nc3ccccc32)CC1. The molecular formula is C21H28N4O2. The zero-order chi connectivity index (χ0) is 19.0. The lowest BCUT2D eigenvalue weighted by Gasteiger charge is -2.30. The number of benzene rings is 1. The summed E-state index contributed by atoms with van der Waals surface area (Å²) in [5.74, 6) is 1.83. The molecule has 1 aliphatic heterocycles. The molecule has 144 valence electrons. The van der Waals surface area contributed by atoms with Crippen molar-refractivity contribution in [2.45, 2.75) is 52.1 Å². The van der Waals surface area contributed by atoms with Gasteiger partial charge in [-0.05, 0) is 50.7 Å². The van der Waals surface area contributed by atoms with Crippen molar-refractivity contribution in [2.24, 2.45) is 11.8 Å². The number of aromatic nitrogens is 2. The Balaban J connectivity index is 1.57. The number of fused-ring (bicyclic) bond motifs is 1. The number of nitrogens with zero attached hydrogens (tertiary/aromatic N) is 3. The minimum Gasteiger partial charge on any atom is -0.346 e. The van der Waals surface area contributed by atoms with Gasteiger partial charge in [-0.1, -0.05) is 19.1 Å². The van der Waals surface area contributed by atoms with Gasteiger partial charge in [0.05, 0.1) is 17.1 Å². The van der Waals surface area contributed by atoms with Crippen LogP contribution in [0.4, 0.5) is 0 Å². The van der Waals surface area contributed by atoms with E-state index in [1.807, 2.05) is 40.7 Å². The number of amides is 2. The fourth-order valence-corrected chi connectivity index (χ4v) is 3.83. The summed E-state index contributed by atoms with van der Waals surface area (Å²) in [6.07, 6.45) is 4.08. The fraction of sp³-hybridized carbons (Fsp3) is 0.571. The molecule has 0 bridgehead atoms. The Morgan fingerprint density at radius 1 is 1.19 bits per heavy atom. The molecule has 2 aromatic rings. The van der Waals surface area contributed by atoms with E-state index in [9.17, 15) is 9.59 Å². The van der Waals surface area contributed by atoms with E-state index in [-0.39, 0.29) is 30.3 Å². The lowest BCUT2D eigenvalue weighted by atomic mass is 9.99. The second kappa shape index (κ2) is 7.33. The van der Waals surface area contributed by atoms with Crippen LogP contribution in [0.3, 0.4) is 0 Å². The van der Waals surface area contributed by atoms with Crippen LogP contribution in [0.2, 0.25) is 0 Å². The Bertz CT molecular complexity index is 847. The van der Waals surface area contributed by atoms with Crippen molar-refractivity contribution in [3.05, 3.63) is 30.1 Å². The molecule has 1 atom stereocenters. The number of carbonyl (C=O) groups excluding carboxylic acids is 2. The van der Waals surface area contributed by atoms with Crippen LogP contribution >= 0.6 is 0 Å². The van der Waals surface area contributed by atoms with Gasteiger partial charge < -0.3 is 14.8 Å². The van der Waals surface area contributed by atoms with Gasteiger partial charge in [-0.25, -0.2) is 4.98 Å². The van der Waals surface area contributed by atoms with E-state index in [0.717, 1.165) is 55.6 Å². The summed E-state index contributed by atoms with van der Waals surface area (Å²) in [7, 11) is 0. The summed E-state index contributed by atoms with van der Waals surface area (Å²) in [5.41, 5.74) is 1.80. The molecule has 27 heavy (non-hydrogen) atoms. The van der Waals surface area contributed by atoms with Gasteiger partial charge >= 0.3 is 0 Å². The van der Waals surface area contributed by atoms with Gasteiger partial charge in [0.2, 0.25) is 11.8 Å². The van der Waals surface area contributed by atoms with Gasteiger partial charge in [-0.3, -0.25) is 9.59 Å². The van der Waals surface area contributed by atoms with Crippen LogP contribution in [0, 0.1) is 11.8 Å². The first-order valence-electron chi connectivity index (χ1n) is 10.1. The maximum Gasteiger partial charge on any atom is 0.242 e. The molecule has 2 amide bonds. The predicted molar refractivity (Wildman–Crippen MR) is 104 cm³/mol. The fourth-order valence-electron chi connectivity index (χ4n) is 3.83. The van der Waals surface area contributed by atoms with Crippen molar-refractivity contribution in [3.8, 4) is 0 Å².